The van der Waals surface area contributed by atoms with Gasteiger partial charge >= 0.3 is 0 Å². The SMILES string of the molecule is CC(CNCCO)C[C@H](N)CO. The molecule has 0 spiro atoms. The Morgan fingerprint density at radius 2 is 2.08 bits per heavy atom. The van der Waals surface area contributed by atoms with E-state index in [9.17, 15) is 0 Å². The summed E-state index contributed by atoms with van der Waals surface area (Å²) >= 11 is 0. The van der Waals surface area contributed by atoms with Gasteiger partial charge in [0.15, 0.2) is 0 Å². The molecule has 12 heavy (non-hydrogen) atoms. The monoisotopic (exact) mass is 176 g/mol. The molecular weight excluding hydrogens is 156 g/mol. The number of hydrogen-bond donors (Lipinski definition) is 4. The maximum absolute atomic E-state index is 8.67. The maximum Gasteiger partial charge on any atom is 0.0582 e. The molecule has 4 nitrogen and oxygen atoms in total. The Hall–Kier alpha value is -0.160. The molecule has 0 saturated heterocycles. The molecule has 1 unspecified atom stereocenters. The van der Waals surface area contributed by atoms with Crippen LogP contribution in [0.15, 0.2) is 0 Å². The van der Waals surface area contributed by atoms with Crippen molar-refractivity contribution in [1.29, 1.82) is 0 Å². The number of nitrogens with two attached hydrogens (primary N) is 1. The van der Waals surface area contributed by atoms with E-state index >= 15 is 0 Å². The van der Waals surface area contributed by atoms with Crippen molar-refractivity contribution >= 4 is 0 Å². The van der Waals surface area contributed by atoms with Gasteiger partial charge in [-0.2, -0.15) is 0 Å². The predicted octanol–water partition coefficient (Wildman–Crippen LogP) is -1.09. The minimum Gasteiger partial charge on any atom is -0.395 e. The summed E-state index contributed by atoms with van der Waals surface area (Å²) in [5.74, 6) is 0.443. The van der Waals surface area contributed by atoms with Crippen LogP contribution in [-0.2, 0) is 0 Å². The smallest absolute Gasteiger partial charge is 0.0582 e. The highest BCUT2D eigenvalue weighted by molar-refractivity contribution is 4.65. The molecule has 0 heterocycles. The fourth-order valence-corrected chi connectivity index (χ4v) is 1.10. The van der Waals surface area contributed by atoms with Crippen LogP contribution >= 0.6 is 0 Å². The summed E-state index contributed by atoms with van der Waals surface area (Å²) in [6.07, 6.45) is 0.814. The number of nitrogens with one attached hydrogen (secondary N) is 1. The lowest BCUT2D eigenvalue weighted by molar-refractivity contribution is 0.243. The molecule has 5 N–H and O–H groups in total. The summed E-state index contributed by atoms with van der Waals surface area (Å²) < 4.78 is 0. The molecule has 0 amide bonds. The lowest BCUT2D eigenvalue weighted by atomic mass is 10.0. The van der Waals surface area contributed by atoms with Crippen molar-refractivity contribution in [3.63, 3.8) is 0 Å². The fraction of sp³-hybridized carbons (Fsp3) is 1.00. The lowest BCUT2D eigenvalue weighted by Gasteiger charge is -2.15. The molecule has 0 saturated carbocycles. The first-order valence-corrected chi connectivity index (χ1v) is 4.38. The van der Waals surface area contributed by atoms with Crippen LogP contribution in [0.4, 0.5) is 0 Å². The summed E-state index contributed by atoms with van der Waals surface area (Å²) in [5, 5.41) is 20.2. The highest BCUT2D eigenvalue weighted by Crippen LogP contribution is 2.02. The van der Waals surface area contributed by atoms with Crippen LogP contribution < -0.4 is 11.1 Å². The van der Waals surface area contributed by atoms with Gasteiger partial charge in [0.25, 0.3) is 0 Å². The van der Waals surface area contributed by atoms with E-state index in [4.69, 9.17) is 15.9 Å². The van der Waals surface area contributed by atoms with E-state index in [2.05, 4.69) is 12.2 Å². The van der Waals surface area contributed by atoms with Crippen LogP contribution in [0.3, 0.4) is 0 Å². The summed E-state index contributed by atoms with van der Waals surface area (Å²) in [4.78, 5) is 0. The van der Waals surface area contributed by atoms with Crippen LogP contribution in [0.25, 0.3) is 0 Å². The van der Waals surface area contributed by atoms with E-state index in [0.717, 1.165) is 13.0 Å². The average Bonchev–Trinajstić information content (AvgIpc) is 2.05. The molecule has 2 atom stereocenters. The predicted molar refractivity (Wildman–Crippen MR) is 48.8 cm³/mol. The third-order valence-corrected chi connectivity index (χ3v) is 1.72. The van der Waals surface area contributed by atoms with Crippen molar-refractivity contribution in [1.82, 2.24) is 5.32 Å². The zero-order valence-electron chi connectivity index (χ0n) is 7.66. The van der Waals surface area contributed by atoms with Crippen LogP contribution in [0, 0.1) is 5.92 Å². The minimum absolute atomic E-state index is 0.0460. The summed E-state index contributed by atoms with van der Waals surface area (Å²) in [6, 6.07) is -0.115. The topological polar surface area (TPSA) is 78.5 Å². The van der Waals surface area contributed by atoms with Gasteiger partial charge in [-0.3, -0.25) is 0 Å². The Morgan fingerprint density at radius 3 is 2.58 bits per heavy atom. The van der Waals surface area contributed by atoms with Crippen LogP contribution in [0.5, 0.6) is 0 Å². The molecule has 0 fully saturated rings. The standard InChI is InChI=1S/C8H20N2O2/c1-7(4-8(9)6-12)5-10-2-3-11/h7-8,10-12H,2-6,9H2,1H3/t7?,8-/m0/s1. The molecule has 0 aromatic rings. The second-order valence-corrected chi connectivity index (χ2v) is 3.21. The zero-order valence-corrected chi connectivity index (χ0v) is 7.66. The highest BCUT2D eigenvalue weighted by Gasteiger charge is 2.06. The van der Waals surface area contributed by atoms with Gasteiger partial charge in [-0.05, 0) is 18.9 Å². The second kappa shape index (κ2) is 7.49. The Morgan fingerprint density at radius 1 is 1.42 bits per heavy atom. The van der Waals surface area contributed by atoms with Crippen LogP contribution in [-0.4, -0.2) is 42.6 Å². The second-order valence-electron chi connectivity index (χ2n) is 3.21. The average molecular weight is 176 g/mol. The van der Waals surface area contributed by atoms with Gasteiger partial charge in [-0.1, -0.05) is 6.92 Å². The molecule has 0 aromatic carbocycles. The van der Waals surface area contributed by atoms with Crippen molar-refractivity contribution in [2.45, 2.75) is 19.4 Å². The lowest BCUT2D eigenvalue weighted by Crippen LogP contribution is -2.31. The number of aliphatic hydroxyl groups is 2. The van der Waals surface area contributed by atoms with Crippen molar-refractivity contribution in [2.75, 3.05) is 26.3 Å². The molecule has 0 bridgehead atoms. The Balaban J connectivity index is 3.26. The molecule has 0 radical (unpaired) electrons. The third kappa shape index (κ3) is 6.54. The molecule has 0 rings (SSSR count). The molecular formula is C8H20N2O2. The van der Waals surface area contributed by atoms with E-state index in [1.54, 1.807) is 0 Å². The van der Waals surface area contributed by atoms with Gasteiger partial charge < -0.3 is 21.3 Å². The van der Waals surface area contributed by atoms with Gasteiger partial charge in [0.2, 0.25) is 0 Å². The summed E-state index contributed by atoms with van der Waals surface area (Å²) in [6.45, 7) is 3.75. The Bertz CT molecular complexity index is 101. The summed E-state index contributed by atoms with van der Waals surface area (Å²) in [5.41, 5.74) is 5.55. The molecule has 0 aromatic heterocycles. The molecule has 74 valence electrons. The first-order chi connectivity index (χ1) is 5.70. The highest BCUT2D eigenvalue weighted by atomic mass is 16.3. The van der Waals surface area contributed by atoms with Crippen molar-refractivity contribution in [2.24, 2.45) is 11.7 Å². The van der Waals surface area contributed by atoms with Gasteiger partial charge in [0.1, 0.15) is 0 Å². The molecule has 0 aliphatic rings. The van der Waals surface area contributed by atoms with E-state index in [0.29, 0.717) is 12.5 Å². The first-order valence-electron chi connectivity index (χ1n) is 4.38. The number of aliphatic hydroxyl groups excluding tert-OH is 2. The van der Waals surface area contributed by atoms with Gasteiger partial charge in [0.05, 0.1) is 13.2 Å². The van der Waals surface area contributed by atoms with E-state index in [-0.39, 0.29) is 19.3 Å². The number of rotatable bonds is 7. The van der Waals surface area contributed by atoms with Crippen LogP contribution in [0.1, 0.15) is 13.3 Å². The Kier molecular flexibility index (Phi) is 7.39. The zero-order chi connectivity index (χ0) is 9.40. The normalized spacial score (nSPS) is 16.0. The van der Waals surface area contributed by atoms with Crippen LogP contribution in [0.2, 0.25) is 0 Å². The number of hydrogen-bond acceptors (Lipinski definition) is 4. The minimum atomic E-state index is -0.115. The molecule has 0 aliphatic carbocycles. The summed E-state index contributed by atoms with van der Waals surface area (Å²) in [7, 11) is 0. The Labute approximate surface area is 73.8 Å². The van der Waals surface area contributed by atoms with Crippen molar-refractivity contribution in [3.05, 3.63) is 0 Å². The van der Waals surface area contributed by atoms with Gasteiger partial charge in [-0.15, -0.1) is 0 Å². The van der Waals surface area contributed by atoms with Crippen molar-refractivity contribution in [3.8, 4) is 0 Å². The molecule has 4 heteroatoms. The largest absolute Gasteiger partial charge is 0.395 e. The third-order valence-electron chi connectivity index (χ3n) is 1.72. The maximum atomic E-state index is 8.67. The van der Waals surface area contributed by atoms with Gasteiger partial charge in [-0.25, -0.2) is 0 Å². The van der Waals surface area contributed by atoms with Gasteiger partial charge in [0, 0.05) is 12.6 Å². The quantitative estimate of drug-likeness (QED) is 0.372. The van der Waals surface area contributed by atoms with E-state index < -0.39 is 0 Å². The van der Waals surface area contributed by atoms with Crippen molar-refractivity contribution < 1.29 is 10.2 Å². The fourth-order valence-electron chi connectivity index (χ4n) is 1.10. The van der Waals surface area contributed by atoms with E-state index in [1.807, 2.05) is 0 Å². The molecule has 0 aliphatic heterocycles. The first kappa shape index (κ1) is 11.8. The van der Waals surface area contributed by atoms with E-state index in [1.165, 1.54) is 0 Å².